The normalized spacial score (nSPS) is 26.1. The van der Waals surface area contributed by atoms with Crippen molar-refractivity contribution in [2.75, 3.05) is 40.9 Å². The van der Waals surface area contributed by atoms with Gasteiger partial charge >= 0.3 is 0 Å². The molecule has 1 aliphatic heterocycles. The van der Waals surface area contributed by atoms with E-state index in [4.69, 9.17) is 32.7 Å². The topological polar surface area (TPSA) is 42.0 Å². The molecule has 202 valence electrons. The van der Waals surface area contributed by atoms with Crippen LogP contribution in [0.3, 0.4) is 0 Å². The minimum Gasteiger partial charge on any atom is -0.497 e. The maximum absolute atomic E-state index is 13.9. The van der Waals surface area contributed by atoms with E-state index >= 15 is 0 Å². The summed E-state index contributed by atoms with van der Waals surface area (Å²) in [6.07, 6.45) is 3.13. The predicted molar refractivity (Wildman–Crippen MR) is 151 cm³/mol. The Hall–Kier alpha value is -1.79. The number of benzene rings is 2. The van der Waals surface area contributed by atoms with Crippen molar-refractivity contribution in [2.24, 2.45) is 11.8 Å². The lowest BCUT2D eigenvalue weighted by atomic mass is 9.56. The third-order valence-corrected chi connectivity index (χ3v) is 9.06. The molecule has 7 heteroatoms. The average Bonchev–Trinajstić information content (AvgIpc) is 2.88. The third kappa shape index (κ3) is 6.11. The van der Waals surface area contributed by atoms with Crippen LogP contribution >= 0.6 is 23.2 Å². The van der Waals surface area contributed by atoms with Crippen molar-refractivity contribution < 1.29 is 14.3 Å². The second kappa shape index (κ2) is 11.9. The van der Waals surface area contributed by atoms with Gasteiger partial charge in [-0.3, -0.25) is 4.79 Å². The fourth-order valence-corrected chi connectivity index (χ4v) is 6.84. The molecule has 1 unspecified atom stereocenters. The molecule has 1 heterocycles. The summed E-state index contributed by atoms with van der Waals surface area (Å²) in [4.78, 5) is 18.4. The van der Waals surface area contributed by atoms with Gasteiger partial charge in [-0.2, -0.15) is 0 Å². The first-order valence-electron chi connectivity index (χ1n) is 13.3. The standard InChI is InChI=1S/C30H40Cl2N2O3/c1-20(2)18-34(29(35)14-21-9-10-26(31)27(32)13-21)23-16-28(37-5)25-19-33(3)12-11-30(25,17-23)22-7-6-8-24(15-22)36-4/h6-10,13,15,20,23,25,28H,11-12,14,16-19H2,1-5H3/t23-,25+,28?,30+/m1/s1. The second-order valence-electron chi connectivity index (χ2n) is 11.2. The first-order chi connectivity index (χ1) is 17.7. The van der Waals surface area contributed by atoms with Crippen molar-refractivity contribution in [1.82, 2.24) is 9.80 Å². The molecule has 0 N–H and O–H groups in total. The van der Waals surface area contributed by atoms with Crippen LogP contribution in [0.2, 0.25) is 10.0 Å². The molecule has 2 fully saturated rings. The molecular formula is C30H40Cl2N2O3. The van der Waals surface area contributed by atoms with Gasteiger partial charge in [0.2, 0.25) is 5.91 Å². The highest BCUT2D eigenvalue weighted by Crippen LogP contribution is 2.51. The molecule has 1 amide bonds. The Balaban J connectivity index is 1.71. The van der Waals surface area contributed by atoms with E-state index in [1.165, 1.54) is 5.56 Å². The minimum absolute atomic E-state index is 0.0557. The van der Waals surface area contributed by atoms with Gasteiger partial charge < -0.3 is 19.3 Å². The van der Waals surface area contributed by atoms with Gasteiger partial charge in [0.15, 0.2) is 0 Å². The molecule has 37 heavy (non-hydrogen) atoms. The maximum atomic E-state index is 13.9. The molecule has 1 saturated carbocycles. The highest BCUT2D eigenvalue weighted by atomic mass is 35.5. The zero-order chi connectivity index (χ0) is 26.7. The molecule has 0 bridgehead atoms. The van der Waals surface area contributed by atoms with Crippen LogP contribution in [-0.2, 0) is 21.4 Å². The van der Waals surface area contributed by atoms with E-state index in [0.717, 1.165) is 43.7 Å². The summed E-state index contributed by atoms with van der Waals surface area (Å²) in [7, 11) is 5.74. The summed E-state index contributed by atoms with van der Waals surface area (Å²) in [5.41, 5.74) is 2.08. The van der Waals surface area contributed by atoms with Crippen molar-refractivity contribution in [3.63, 3.8) is 0 Å². The lowest BCUT2D eigenvalue weighted by Gasteiger charge is -2.56. The number of nitrogens with zero attached hydrogens (tertiary/aromatic N) is 2. The van der Waals surface area contributed by atoms with E-state index in [9.17, 15) is 4.79 Å². The highest BCUT2D eigenvalue weighted by molar-refractivity contribution is 6.42. The molecule has 4 atom stereocenters. The maximum Gasteiger partial charge on any atom is 0.227 e. The van der Waals surface area contributed by atoms with Crippen LogP contribution in [0.5, 0.6) is 5.75 Å². The monoisotopic (exact) mass is 546 g/mol. The van der Waals surface area contributed by atoms with Crippen molar-refractivity contribution in [3.05, 3.63) is 63.6 Å². The molecule has 1 saturated heterocycles. The Morgan fingerprint density at radius 2 is 1.95 bits per heavy atom. The van der Waals surface area contributed by atoms with E-state index < -0.39 is 0 Å². The Bertz CT molecular complexity index is 1090. The summed E-state index contributed by atoms with van der Waals surface area (Å²) >= 11 is 12.4. The summed E-state index contributed by atoms with van der Waals surface area (Å²) in [6.45, 7) is 7.04. The second-order valence-corrected chi connectivity index (χ2v) is 12.1. The summed E-state index contributed by atoms with van der Waals surface area (Å²) in [5, 5.41) is 0.978. The average molecular weight is 548 g/mol. The fraction of sp³-hybridized carbons (Fsp3) is 0.567. The fourth-order valence-electron chi connectivity index (χ4n) is 6.52. The molecule has 0 aromatic heterocycles. The minimum atomic E-state index is -0.0935. The van der Waals surface area contributed by atoms with Crippen LogP contribution in [0, 0.1) is 11.8 Å². The number of rotatable bonds is 8. The molecule has 0 radical (unpaired) electrons. The van der Waals surface area contributed by atoms with Gasteiger partial charge in [-0.25, -0.2) is 0 Å². The van der Waals surface area contributed by atoms with Gasteiger partial charge in [0.1, 0.15) is 5.75 Å². The van der Waals surface area contributed by atoms with Gasteiger partial charge in [0.05, 0.1) is 29.7 Å². The first-order valence-corrected chi connectivity index (χ1v) is 14.0. The number of ether oxygens (including phenoxy) is 2. The van der Waals surface area contributed by atoms with Crippen molar-refractivity contribution >= 4 is 29.1 Å². The first kappa shape index (κ1) is 28.2. The molecule has 2 aromatic carbocycles. The Morgan fingerprint density at radius 3 is 2.62 bits per heavy atom. The number of halogens is 2. The molecular weight excluding hydrogens is 507 g/mol. The van der Waals surface area contributed by atoms with Gasteiger partial charge in [0.25, 0.3) is 0 Å². The van der Waals surface area contributed by atoms with Crippen LogP contribution in [-0.4, -0.2) is 68.8 Å². The number of amides is 1. The Morgan fingerprint density at radius 1 is 1.16 bits per heavy atom. The van der Waals surface area contributed by atoms with Gasteiger partial charge in [-0.1, -0.05) is 55.2 Å². The van der Waals surface area contributed by atoms with Crippen molar-refractivity contribution in [3.8, 4) is 5.75 Å². The molecule has 1 aliphatic carbocycles. The predicted octanol–water partition coefficient (Wildman–Crippen LogP) is 6.10. The number of carbonyl (C=O) groups excluding carboxylic acids is 1. The zero-order valence-electron chi connectivity index (χ0n) is 22.7. The number of likely N-dealkylation sites (tertiary alicyclic amines) is 1. The van der Waals surface area contributed by atoms with E-state index in [0.29, 0.717) is 34.8 Å². The van der Waals surface area contributed by atoms with E-state index in [2.05, 4.69) is 48.9 Å². The van der Waals surface area contributed by atoms with Gasteiger partial charge in [-0.05, 0) is 74.2 Å². The van der Waals surface area contributed by atoms with Crippen LogP contribution < -0.4 is 4.74 Å². The largest absolute Gasteiger partial charge is 0.497 e. The number of hydrogen-bond donors (Lipinski definition) is 0. The zero-order valence-corrected chi connectivity index (χ0v) is 24.2. The molecule has 2 aromatic rings. The molecule has 0 spiro atoms. The van der Waals surface area contributed by atoms with Gasteiger partial charge in [0, 0.05) is 37.6 Å². The van der Waals surface area contributed by atoms with Crippen LogP contribution in [0.15, 0.2) is 42.5 Å². The SMILES string of the molecule is COc1cccc([C@@]23CCN(C)C[C@H]2C(OC)C[C@@H](N(CC(C)C)C(=O)Cc2ccc(Cl)c(Cl)c2)C3)c1. The highest BCUT2D eigenvalue weighted by Gasteiger charge is 2.53. The Labute approximate surface area is 232 Å². The van der Waals surface area contributed by atoms with E-state index in [1.54, 1.807) is 19.2 Å². The quantitative estimate of drug-likeness (QED) is 0.401. The van der Waals surface area contributed by atoms with Gasteiger partial charge in [-0.15, -0.1) is 0 Å². The smallest absolute Gasteiger partial charge is 0.227 e. The third-order valence-electron chi connectivity index (χ3n) is 8.32. The summed E-state index contributed by atoms with van der Waals surface area (Å²) < 4.78 is 11.8. The molecule has 5 nitrogen and oxygen atoms in total. The number of carbonyl (C=O) groups is 1. The summed E-state index contributed by atoms with van der Waals surface area (Å²) in [5.74, 6) is 1.68. The number of hydrogen-bond acceptors (Lipinski definition) is 4. The number of piperidine rings is 1. The lowest BCUT2D eigenvalue weighted by molar-refractivity contribution is -0.139. The Kier molecular flexibility index (Phi) is 9.11. The molecule has 4 rings (SSSR count). The lowest BCUT2D eigenvalue weighted by Crippen LogP contribution is -2.61. The van der Waals surface area contributed by atoms with E-state index in [1.807, 2.05) is 19.2 Å². The van der Waals surface area contributed by atoms with Crippen LogP contribution in [0.1, 0.15) is 44.2 Å². The number of fused-ring (bicyclic) bond motifs is 1. The van der Waals surface area contributed by atoms with Crippen LogP contribution in [0.25, 0.3) is 0 Å². The summed E-state index contributed by atoms with van der Waals surface area (Å²) in [6, 6.07) is 14.1. The van der Waals surface area contributed by atoms with Crippen molar-refractivity contribution in [2.45, 2.75) is 57.1 Å². The number of methoxy groups -OCH3 is 2. The van der Waals surface area contributed by atoms with Crippen LogP contribution in [0.4, 0.5) is 0 Å². The molecule has 2 aliphatic rings. The van der Waals surface area contributed by atoms with Crippen molar-refractivity contribution in [1.29, 1.82) is 0 Å². The van der Waals surface area contributed by atoms with E-state index in [-0.39, 0.29) is 23.5 Å².